The van der Waals surface area contributed by atoms with Crippen LogP contribution in [0.25, 0.3) is 27.5 Å². The molecule has 0 saturated heterocycles. The molecule has 1 aromatic heterocycles. The van der Waals surface area contributed by atoms with Crippen LogP contribution < -0.4 is 0 Å². The molecular formula is C49H45N3. The molecule has 3 heteroatoms. The summed E-state index contributed by atoms with van der Waals surface area (Å²) < 4.78 is 2.51. The lowest BCUT2D eigenvalue weighted by Crippen LogP contribution is -2.34. The number of nitrogens with zero attached hydrogens (tertiary/aromatic N) is 3. The second-order valence-corrected chi connectivity index (χ2v) is 16.0. The lowest BCUT2D eigenvalue weighted by molar-refractivity contribution is 0.334. The van der Waals surface area contributed by atoms with E-state index in [0.717, 1.165) is 34.8 Å². The van der Waals surface area contributed by atoms with Gasteiger partial charge >= 0.3 is 0 Å². The molecule has 0 bridgehead atoms. The van der Waals surface area contributed by atoms with Crippen molar-refractivity contribution < 1.29 is 0 Å². The van der Waals surface area contributed by atoms with Crippen LogP contribution in [0.2, 0.25) is 0 Å². The lowest BCUT2D eigenvalue weighted by Gasteiger charge is -2.42. The molecule has 0 N–H and O–H groups in total. The standard InChI is InChI=1S/C49H45N3/c1-48(2)30-31-49(3,4)45-41(48)27-26-40-39-20-11-12-21-44(39)52(46(40)45)38-24-22-35(23-25-38)47-50-42(34-16-9-6-10-17-34)28-29-43(51-47)37-19-13-18-36(32-37)33-14-7-5-8-15-33/h5-14,16-29,32-33,43H,15,30-31H2,1-4H3. The van der Waals surface area contributed by atoms with Gasteiger partial charge in [0.25, 0.3) is 0 Å². The number of rotatable bonds is 5. The van der Waals surface area contributed by atoms with E-state index in [0.29, 0.717) is 5.92 Å². The van der Waals surface area contributed by atoms with E-state index in [1.807, 2.05) is 0 Å². The number of hydrogen-bond acceptors (Lipinski definition) is 2. The average Bonchev–Trinajstić information content (AvgIpc) is 3.35. The van der Waals surface area contributed by atoms with Crippen LogP contribution in [0.5, 0.6) is 0 Å². The van der Waals surface area contributed by atoms with Gasteiger partial charge in [0, 0.05) is 33.5 Å². The molecule has 9 rings (SSSR count). The first-order valence-corrected chi connectivity index (χ1v) is 18.8. The number of amidine groups is 1. The zero-order valence-corrected chi connectivity index (χ0v) is 30.6. The highest BCUT2D eigenvalue weighted by Crippen LogP contribution is 2.50. The van der Waals surface area contributed by atoms with Crippen LogP contribution in [0.3, 0.4) is 0 Å². The maximum absolute atomic E-state index is 5.37. The smallest absolute Gasteiger partial charge is 0.156 e. The van der Waals surface area contributed by atoms with E-state index in [2.05, 4.69) is 184 Å². The Morgan fingerprint density at radius 2 is 1.42 bits per heavy atom. The first kappa shape index (κ1) is 32.4. The molecule has 2 heterocycles. The van der Waals surface area contributed by atoms with Gasteiger partial charge < -0.3 is 4.57 Å². The molecule has 1 aliphatic heterocycles. The molecule has 0 amide bonds. The van der Waals surface area contributed by atoms with Crippen LogP contribution in [0.15, 0.2) is 162 Å². The van der Waals surface area contributed by atoms with Gasteiger partial charge in [0.2, 0.25) is 0 Å². The fourth-order valence-corrected chi connectivity index (χ4v) is 8.65. The fraction of sp³-hybridized carbons (Fsp3) is 0.224. The van der Waals surface area contributed by atoms with Crippen molar-refractivity contribution in [3.8, 4) is 5.69 Å². The monoisotopic (exact) mass is 675 g/mol. The van der Waals surface area contributed by atoms with Crippen LogP contribution in [-0.2, 0) is 10.8 Å². The first-order valence-electron chi connectivity index (χ1n) is 18.8. The van der Waals surface area contributed by atoms with Crippen LogP contribution in [0.4, 0.5) is 0 Å². The Labute approximate surface area is 307 Å². The van der Waals surface area contributed by atoms with Crippen molar-refractivity contribution in [3.05, 3.63) is 185 Å². The Morgan fingerprint density at radius 3 is 2.23 bits per heavy atom. The van der Waals surface area contributed by atoms with Crippen molar-refractivity contribution in [2.24, 2.45) is 9.98 Å². The zero-order chi connectivity index (χ0) is 35.5. The Kier molecular flexibility index (Phi) is 7.84. The molecule has 2 unspecified atom stereocenters. The Bertz CT molecular complexity index is 2480. The second-order valence-electron chi connectivity index (χ2n) is 16.0. The van der Waals surface area contributed by atoms with Gasteiger partial charge in [-0.3, -0.25) is 4.99 Å². The normalized spacial score (nSPS) is 20.4. The number of fused-ring (bicyclic) bond motifs is 5. The van der Waals surface area contributed by atoms with E-state index >= 15 is 0 Å². The van der Waals surface area contributed by atoms with E-state index in [1.165, 1.54) is 56.9 Å². The number of para-hydroxylation sites is 1. The van der Waals surface area contributed by atoms with Gasteiger partial charge in [-0.05, 0) is 88.8 Å². The molecule has 0 saturated carbocycles. The number of allylic oxidation sites excluding steroid dienone is 5. The molecular weight excluding hydrogens is 631 g/mol. The maximum Gasteiger partial charge on any atom is 0.156 e. The van der Waals surface area contributed by atoms with Crippen molar-refractivity contribution in [1.82, 2.24) is 4.57 Å². The summed E-state index contributed by atoms with van der Waals surface area (Å²) in [4.78, 5) is 10.6. The number of benzene rings is 5. The van der Waals surface area contributed by atoms with Crippen LogP contribution >= 0.6 is 0 Å². The predicted molar refractivity (Wildman–Crippen MR) is 220 cm³/mol. The summed E-state index contributed by atoms with van der Waals surface area (Å²) in [5, 5.41) is 2.62. The lowest BCUT2D eigenvalue weighted by atomic mass is 9.62. The van der Waals surface area contributed by atoms with Crippen molar-refractivity contribution in [1.29, 1.82) is 0 Å². The minimum absolute atomic E-state index is 0.0668. The molecule has 3 aliphatic rings. The van der Waals surface area contributed by atoms with Crippen molar-refractivity contribution in [3.63, 3.8) is 0 Å². The summed E-state index contributed by atoms with van der Waals surface area (Å²) in [7, 11) is 0. The summed E-state index contributed by atoms with van der Waals surface area (Å²) in [6, 6.07) is 41.8. The van der Waals surface area contributed by atoms with Crippen molar-refractivity contribution in [2.45, 2.75) is 69.7 Å². The molecule has 2 aliphatic carbocycles. The van der Waals surface area contributed by atoms with E-state index in [1.54, 1.807) is 0 Å². The maximum atomic E-state index is 5.37. The van der Waals surface area contributed by atoms with Gasteiger partial charge in [0.15, 0.2) is 5.84 Å². The Morgan fingerprint density at radius 1 is 0.654 bits per heavy atom. The Hall–Kier alpha value is -5.54. The quantitative estimate of drug-likeness (QED) is 0.174. The largest absolute Gasteiger partial charge is 0.309 e. The molecule has 0 spiro atoms. The van der Waals surface area contributed by atoms with Crippen LogP contribution in [-0.4, -0.2) is 16.1 Å². The highest BCUT2D eigenvalue weighted by molar-refractivity contribution is 6.17. The Balaban J connectivity index is 1.18. The van der Waals surface area contributed by atoms with Crippen LogP contribution in [0.1, 0.15) is 92.3 Å². The molecule has 0 radical (unpaired) electrons. The minimum Gasteiger partial charge on any atom is -0.309 e. The fourth-order valence-electron chi connectivity index (χ4n) is 8.65. The van der Waals surface area contributed by atoms with Gasteiger partial charge in [0.05, 0.1) is 22.8 Å². The van der Waals surface area contributed by atoms with Gasteiger partial charge in [0.1, 0.15) is 0 Å². The van der Waals surface area contributed by atoms with E-state index < -0.39 is 0 Å². The van der Waals surface area contributed by atoms with Gasteiger partial charge in [-0.1, -0.05) is 143 Å². The zero-order valence-electron chi connectivity index (χ0n) is 30.6. The van der Waals surface area contributed by atoms with Crippen molar-refractivity contribution >= 4 is 33.4 Å². The SMILES string of the molecule is CC1(C)CCC(C)(C)c2c1ccc1c3ccccc3n(-c3ccc(C4=NC(c5cccc(C6C=CC=CC6)c5)C=CC(c5ccccc5)=N4)cc3)c21. The minimum atomic E-state index is -0.155. The van der Waals surface area contributed by atoms with Crippen LogP contribution in [0, 0.1) is 0 Å². The number of aromatic nitrogens is 1. The predicted octanol–water partition coefficient (Wildman–Crippen LogP) is 12.3. The topological polar surface area (TPSA) is 29.6 Å². The molecule has 52 heavy (non-hydrogen) atoms. The second kappa shape index (κ2) is 12.6. The highest BCUT2D eigenvalue weighted by atomic mass is 15.0. The van der Waals surface area contributed by atoms with Crippen molar-refractivity contribution in [2.75, 3.05) is 0 Å². The molecule has 6 aromatic rings. The summed E-state index contributed by atoms with van der Waals surface area (Å²) >= 11 is 0. The molecule has 3 nitrogen and oxygen atoms in total. The third kappa shape index (κ3) is 5.60. The molecule has 256 valence electrons. The average molecular weight is 676 g/mol. The van der Waals surface area contributed by atoms with E-state index in [4.69, 9.17) is 9.98 Å². The van der Waals surface area contributed by atoms with E-state index in [-0.39, 0.29) is 16.9 Å². The summed E-state index contributed by atoms with van der Waals surface area (Å²) in [6.45, 7) is 9.69. The van der Waals surface area contributed by atoms with E-state index in [9.17, 15) is 0 Å². The third-order valence-electron chi connectivity index (χ3n) is 11.7. The number of hydrogen-bond donors (Lipinski definition) is 0. The molecule has 5 aromatic carbocycles. The third-order valence-corrected chi connectivity index (χ3v) is 11.7. The van der Waals surface area contributed by atoms with Gasteiger partial charge in [-0.15, -0.1) is 0 Å². The highest BCUT2D eigenvalue weighted by Gasteiger charge is 2.39. The van der Waals surface area contributed by atoms with Gasteiger partial charge in [-0.2, -0.15) is 0 Å². The summed E-state index contributed by atoms with van der Waals surface area (Å²) in [6.07, 6.45) is 16.6. The summed E-state index contributed by atoms with van der Waals surface area (Å²) in [5.74, 6) is 1.13. The van der Waals surface area contributed by atoms with Gasteiger partial charge in [-0.25, -0.2) is 4.99 Å². The molecule has 2 atom stereocenters. The first-order chi connectivity index (χ1) is 25.3. The number of aliphatic imine (C=N–C) groups is 2. The molecule has 0 fully saturated rings. The summed E-state index contributed by atoms with van der Waals surface area (Å²) in [5.41, 5.74) is 12.4.